The maximum absolute atomic E-state index is 12.9. The highest BCUT2D eigenvalue weighted by atomic mass is 16.2. The first-order valence-electron chi connectivity index (χ1n) is 11.0. The third kappa shape index (κ3) is 4.69. The van der Waals surface area contributed by atoms with Crippen molar-refractivity contribution in [3.8, 4) is 0 Å². The maximum Gasteiger partial charge on any atom is 0.272 e. The molecule has 2 aliphatic rings. The largest absolute Gasteiger partial charge is 0.369 e. The number of nitrogens with zero attached hydrogens (tertiary/aromatic N) is 3. The molecule has 2 aromatic rings. The van der Waals surface area contributed by atoms with Crippen LogP contribution in [0.4, 0.5) is 5.82 Å². The van der Waals surface area contributed by atoms with Gasteiger partial charge in [0.25, 0.3) is 5.91 Å². The number of anilines is 1. The summed E-state index contributed by atoms with van der Waals surface area (Å²) < 4.78 is 0. The third-order valence-electron chi connectivity index (χ3n) is 6.51. The van der Waals surface area contributed by atoms with Crippen LogP contribution in [0.5, 0.6) is 0 Å². The average molecular weight is 407 g/mol. The lowest BCUT2D eigenvalue weighted by Gasteiger charge is -2.30. The molecule has 2 heterocycles. The smallest absolute Gasteiger partial charge is 0.272 e. The number of rotatable bonds is 5. The number of aromatic nitrogens is 2. The fourth-order valence-corrected chi connectivity index (χ4v) is 4.70. The van der Waals surface area contributed by atoms with Crippen molar-refractivity contribution in [3.63, 3.8) is 0 Å². The molecule has 1 saturated carbocycles. The quantitative estimate of drug-likeness (QED) is 0.813. The Kier molecular flexibility index (Phi) is 6.41. The van der Waals surface area contributed by atoms with E-state index in [0.717, 1.165) is 17.9 Å². The summed E-state index contributed by atoms with van der Waals surface area (Å²) in [5.41, 5.74) is 2.66. The molecule has 1 aliphatic carbocycles. The summed E-state index contributed by atoms with van der Waals surface area (Å²) >= 11 is 0. The Hall–Kier alpha value is -2.76. The Labute approximate surface area is 178 Å². The number of carbonyl (C=O) groups is 2. The molecule has 0 unspecified atom stereocenters. The lowest BCUT2D eigenvalue weighted by atomic mass is 9.78. The Morgan fingerprint density at radius 2 is 1.90 bits per heavy atom. The zero-order valence-electron chi connectivity index (χ0n) is 17.6. The van der Waals surface area contributed by atoms with E-state index in [1.807, 2.05) is 6.92 Å². The minimum absolute atomic E-state index is 0.104. The summed E-state index contributed by atoms with van der Waals surface area (Å²) in [6.07, 6.45) is 7.22. The van der Waals surface area contributed by atoms with Crippen molar-refractivity contribution in [2.24, 2.45) is 5.92 Å². The molecule has 6 nitrogen and oxygen atoms in total. The molecule has 1 N–H and O–H groups in total. The van der Waals surface area contributed by atoms with Gasteiger partial charge < -0.3 is 10.2 Å². The molecular weight excluding hydrogens is 376 g/mol. The lowest BCUT2D eigenvalue weighted by molar-refractivity contribution is -0.120. The molecule has 6 heteroatoms. The van der Waals surface area contributed by atoms with Crippen LogP contribution in [0, 0.1) is 12.8 Å². The van der Waals surface area contributed by atoms with E-state index in [2.05, 4.69) is 45.6 Å². The van der Waals surface area contributed by atoms with Crippen LogP contribution in [0.25, 0.3) is 0 Å². The predicted molar refractivity (Wildman–Crippen MR) is 117 cm³/mol. The minimum atomic E-state index is -0.104. The van der Waals surface area contributed by atoms with Crippen LogP contribution in [0.1, 0.15) is 66.1 Å². The van der Waals surface area contributed by atoms with Gasteiger partial charge in [0.1, 0.15) is 23.6 Å². The predicted octanol–water partition coefficient (Wildman–Crippen LogP) is 3.98. The number of amides is 1. The monoisotopic (exact) mass is 406 g/mol. The van der Waals surface area contributed by atoms with Crippen LogP contribution in [-0.4, -0.2) is 46.2 Å². The molecule has 0 bridgehead atoms. The Balaban J connectivity index is 1.38. The number of ketones is 1. The fraction of sp³-hybridized carbons (Fsp3) is 0.500. The topological polar surface area (TPSA) is 75.2 Å². The van der Waals surface area contributed by atoms with E-state index in [4.69, 9.17) is 0 Å². The van der Waals surface area contributed by atoms with Gasteiger partial charge in [-0.05, 0) is 43.6 Å². The van der Waals surface area contributed by atoms with Crippen LogP contribution in [-0.2, 0) is 4.79 Å². The van der Waals surface area contributed by atoms with Crippen LogP contribution in [0.2, 0.25) is 0 Å². The van der Waals surface area contributed by atoms with Gasteiger partial charge in [-0.25, -0.2) is 9.97 Å². The van der Waals surface area contributed by atoms with Gasteiger partial charge in [-0.1, -0.05) is 36.8 Å². The molecule has 4 rings (SSSR count). The Bertz CT molecular complexity index is 889. The van der Waals surface area contributed by atoms with Crippen molar-refractivity contribution < 1.29 is 9.59 Å². The van der Waals surface area contributed by atoms with Crippen LogP contribution >= 0.6 is 0 Å². The molecule has 0 radical (unpaired) electrons. The summed E-state index contributed by atoms with van der Waals surface area (Å²) in [5.74, 6) is 2.07. The van der Waals surface area contributed by atoms with E-state index in [1.54, 1.807) is 4.90 Å². The summed E-state index contributed by atoms with van der Waals surface area (Å²) in [7, 11) is 0. The van der Waals surface area contributed by atoms with E-state index < -0.39 is 0 Å². The number of likely N-dealkylation sites (tertiary alicyclic amines) is 1. The summed E-state index contributed by atoms with van der Waals surface area (Å²) in [4.78, 5) is 34.7. The summed E-state index contributed by atoms with van der Waals surface area (Å²) in [6.45, 7) is 3.71. The van der Waals surface area contributed by atoms with Gasteiger partial charge in [0.05, 0.1) is 0 Å². The van der Waals surface area contributed by atoms with Crippen LogP contribution in [0.15, 0.2) is 36.7 Å². The van der Waals surface area contributed by atoms with Gasteiger partial charge >= 0.3 is 0 Å². The van der Waals surface area contributed by atoms with E-state index in [9.17, 15) is 9.59 Å². The first kappa shape index (κ1) is 20.5. The van der Waals surface area contributed by atoms with Gasteiger partial charge in [-0.15, -0.1) is 0 Å². The average Bonchev–Trinajstić information content (AvgIpc) is 2.79. The SMILES string of the molecule is Cc1c(NC[C@H]2CCC[C@@H](c3ccccc3)C2)ncnc1C(=O)N1CCC(=O)CC1. The molecule has 1 amide bonds. The molecule has 1 aliphatic heterocycles. The van der Waals surface area contributed by atoms with Crippen molar-refractivity contribution in [3.05, 3.63) is 53.5 Å². The number of piperidine rings is 1. The van der Waals surface area contributed by atoms with Crippen molar-refractivity contribution >= 4 is 17.5 Å². The number of benzene rings is 1. The van der Waals surface area contributed by atoms with Gasteiger partial charge in [0.15, 0.2) is 0 Å². The number of hydrogen-bond acceptors (Lipinski definition) is 5. The van der Waals surface area contributed by atoms with Crippen molar-refractivity contribution in [2.45, 2.75) is 51.4 Å². The van der Waals surface area contributed by atoms with E-state index in [-0.39, 0.29) is 11.7 Å². The van der Waals surface area contributed by atoms with Crippen molar-refractivity contribution in [2.75, 3.05) is 25.0 Å². The van der Waals surface area contributed by atoms with Crippen molar-refractivity contribution in [1.29, 1.82) is 0 Å². The molecule has 0 spiro atoms. The molecule has 1 aromatic carbocycles. The van der Waals surface area contributed by atoms with Gasteiger partial charge in [-0.2, -0.15) is 0 Å². The number of nitrogens with one attached hydrogen (secondary N) is 1. The van der Waals surface area contributed by atoms with Gasteiger partial charge in [-0.3, -0.25) is 9.59 Å². The second kappa shape index (κ2) is 9.37. The highest BCUT2D eigenvalue weighted by Gasteiger charge is 2.26. The highest BCUT2D eigenvalue weighted by molar-refractivity contribution is 5.95. The van der Waals surface area contributed by atoms with Crippen LogP contribution < -0.4 is 5.32 Å². The molecular formula is C24H30N4O2. The number of Topliss-reactive ketones (excluding diaryl/α,β-unsaturated/α-hetero) is 1. The zero-order valence-corrected chi connectivity index (χ0v) is 17.6. The first-order chi connectivity index (χ1) is 14.6. The van der Waals surface area contributed by atoms with E-state index >= 15 is 0 Å². The summed E-state index contributed by atoms with van der Waals surface area (Å²) in [6, 6.07) is 10.8. The van der Waals surface area contributed by atoms with E-state index in [1.165, 1.54) is 37.6 Å². The molecule has 158 valence electrons. The van der Waals surface area contributed by atoms with Gasteiger partial charge in [0, 0.05) is 38.0 Å². The molecule has 2 fully saturated rings. The second-order valence-corrected chi connectivity index (χ2v) is 8.55. The fourth-order valence-electron chi connectivity index (χ4n) is 4.70. The molecule has 30 heavy (non-hydrogen) atoms. The highest BCUT2D eigenvalue weighted by Crippen LogP contribution is 2.36. The Morgan fingerprint density at radius 1 is 1.13 bits per heavy atom. The van der Waals surface area contributed by atoms with Gasteiger partial charge in [0.2, 0.25) is 0 Å². The number of hydrogen-bond donors (Lipinski definition) is 1. The van der Waals surface area contributed by atoms with Crippen molar-refractivity contribution in [1.82, 2.24) is 14.9 Å². The molecule has 1 saturated heterocycles. The second-order valence-electron chi connectivity index (χ2n) is 8.55. The maximum atomic E-state index is 12.9. The summed E-state index contributed by atoms with van der Waals surface area (Å²) in [5, 5.41) is 3.48. The first-order valence-corrected chi connectivity index (χ1v) is 11.0. The van der Waals surface area contributed by atoms with Crippen LogP contribution in [0.3, 0.4) is 0 Å². The molecule has 1 aromatic heterocycles. The Morgan fingerprint density at radius 3 is 2.67 bits per heavy atom. The third-order valence-corrected chi connectivity index (χ3v) is 6.51. The van der Waals surface area contributed by atoms with E-state index in [0.29, 0.717) is 43.5 Å². The minimum Gasteiger partial charge on any atom is -0.369 e. The number of carbonyl (C=O) groups excluding carboxylic acids is 2. The normalized spacial score (nSPS) is 22.0. The standard InChI is InChI=1S/C24H30N4O2/c1-17-22(24(30)28-12-10-21(29)11-13-28)26-16-27-23(17)25-15-18-6-5-9-20(14-18)19-7-3-2-4-8-19/h2-4,7-8,16,18,20H,5-6,9-15H2,1H3,(H,25,26,27)/t18-,20+/m0/s1. The zero-order chi connectivity index (χ0) is 20.9. The molecule has 2 atom stereocenters. The lowest BCUT2D eigenvalue weighted by Crippen LogP contribution is -2.39.